The molecule has 0 amide bonds. The molecular formula is C13H22O2. The minimum absolute atomic E-state index is 0.0817. The maximum atomic E-state index is 11.3. The average molecular weight is 210 g/mol. The first kappa shape index (κ1) is 12.3. The highest BCUT2D eigenvalue weighted by Crippen LogP contribution is 2.23. The quantitative estimate of drug-likeness (QED) is 0.524. The van der Waals surface area contributed by atoms with Crippen molar-refractivity contribution in [1.82, 2.24) is 0 Å². The Morgan fingerprint density at radius 2 is 1.93 bits per heavy atom. The summed E-state index contributed by atoms with van der Waals surface area (Å²) in [6.07, 6.45) is 8.76. The average Bonchev–Trinajstić information content (AvgIpc) is 2.25. The fraction of sp³-hybridized carbons (Fsp3) is 0.769. The van der Waals surface area contributed by atoms with E-state index in [0.29, 0.717) is 18.9 Å². The van der Waals surface area contributed by atoms with E-state index in [9.17, 15) is 4.79 Å². The van der Waals surface area contributed by atoms with Crippen LogP contribution in [0.5, 0.6) is 0 Å². The van der Waals surface area contributed by atoms with Crippen molar-refractivity contribution >= 4 is 5.97 Å². The third-order valence-corrected chi connectivity index (χ3v) is 2.88. The third kappa shape index (κ3) is 5.60. The van der Waals surface area contributed by atoms with Crippen LogP contribution in [0, 0.1) is 5.92 Å². The SMILES string of the molecule is CC(C)=CCC(=O)OCC1CCCCC1. The van der Waals surface area contributed by atoms with E-state index in [-0.39, 0.29) is 5.97 Å². The molecule has 1 aliphatic carbocycles. The molecule has 0 aliphatic heterocycles. The van der Waals surface area contributed by atoms with E-state index in [1.165, 1.54) is 37.7 Å². The highest BCUT2D eigenvalue weighted by molar-refractivity contribution is 5.71. The van der Waals surface area contributed by atoms with Crippen LogP contribution in [0.15, 0.2) is 11.6 Å². The fourth-order valence-electron chi connectivity index (χ4n) is 1.91. The van der Waals surface area contributed by atoms with Gasteiger partial charge in [0.25, 0.3) is 0 Å². The Morgan fingerprint density at radius 1 is 1.27 bits per heavy atom. The maximum Gasteiger partial charge on any atom is 0.309 e. The molecular weight excluding hydrogens is 188 g/mol. The molecule has 1 rings (SSSR count). The molecule has 0 aromatic heterocycles. The van der Waals surface area contributed by atoms with Crippen LogP contribution in [0.4, 0.5) is 0 Å². The lowest BCUT2D eigenvalue weighted by atomic mass is 9.90. The van der Waals surface area contributed by atoms with Gasteiger partial charge in [0.05, 0.1) is 13.0 Å². The lowest BCUT2D eigenvalue weighted by Crippen LogP contribution is -2.16. The summed E-state index contributed by atoms with van der Waals surface area (Å²) in [7, 11) is 0. The Bertz CT molecular complexity index is 221. The summed E-state index contributed by atoms with van der Waals surface area (Å²) < 4.78 is 5.25. The largest absolute Gasteiger partial charge is 0.465 e. The van der Waals surface area contributed by atoms with Crippen LogP contribution in [0.3, 0.4) is 0 Å². The topological polar surface area (TPSA) is 26.3 Å². The number of hydrogen-bond donors (Lipinski definition) is 0. The lowest BCUT2D eigenvalue weighted by molar-refractivity contribution is -0.144. The molecule has 86 valence electrons. The first-order chi connectivity index (χ1) is 7.18. The molecule has 0 saturated heterocycles. The van der Waals surface area contributed by atoms with Crippen LogP contribution in [0.1, 0.15) is 52.4 Å². The summed E-state index contributed by atoms with van der Waals surface area (Å²) in [6.45, 7) is 4.62. The second kappa shape index (κ2) is 6.65. The van der Waals surface area contributed by atoms with E-state index in [1.807, 2.05) is 19.9 Å². The van der Waals surface area contributed by atoms with Gasteiger partial charge in [-0.25, -0.2) is 0 Å². The Hall–Kier alpha value is -0.790. The standard InChI is InChI=1S/C13H22O2/c1-11(2)8-9-13(14)15-10-12-6-4-3-5-7-12/h8,12H,3-7,9-10H2,1-2H3. The van der Waals surface area contributed by atoms with Crippen LogP contribution >= 0.6 is 0 Å². The van der Waals surface area contributed by atoms with Gasteiger partial charge in [0.1, 0.15) is 0 Å². The van der Waals surface area contributed by atoms with E-state index in [2.05, 4.69) is 0 Å². The van der Waals surface area contributed by atoms with Gasteiger partial charge in [0.15, 0.2) is 0 Å². The van der Waals surface area contributed by atoms with Crippen LogP contribution in [-0.2, 0) is 9.53 Å². The number of ether oxygens (including phenoxy) is 1. The van der Waals surface area contributed by atoms with Gasteiger partial charge in [-0.15, -0.1) is 0 Å². The second-order valence-electron chi connectivity index (χ2n) is 4.67. The number of allylic oxidation sites excluding steroid dienone is 1. The van der Waals surface area contributed by atoms with Crippen molar-refractivity contribution in [1.29, 1.82) is 0 Å². The van der Waals surface area contributed by atoms with Crippen molar-refractivity contribution < 1.29 is 9.53 Å². The fourth-order valence-corrected chi connectivity index (χ4v) is 1.91. The number of esters is 1. The van der Waals surface area contributed by atoms with Gasteiger partial charge in [-0.05, 0) is 32.6 Å². The van der Waals surface area contributed by atoms with Gasteiger partial charge >= 0.3 is 5.97 Å². The molecule has 2 nitrogen and oxygen atoms in total. The molecule has 0 spiro atoms. The van der Waals surface area contributed by atoms with Crippen molar-refractivity contribution in [2.75, 3.05) is 6.61 Å². The molecule has 0 heterocycles. The van der Waals surface area contributed by atoms with Crippen LogP contribution < -0.4 is 0 Å². The molecule has 0 N–H and O–H groups in total. The van der Waals surface area contributed by atoms with Gasteiger partial charge in [-0.2, -0.15) is 0 Å². The second-order valence-corrected chi connectivity index (χ2v) is 4.67. The van der Waals surface area contributed by atoms with Crippen molar-refractivity contribution in [3.05, 3.63) is 11.6 Å². The monoisotopic (exact) mass is 210 g/mol. The van der Waals surface area contributed by atoms with Crippen LogP contribution in [-0.4, -0.2) is 12.6 Å². The van der Waals surface area contributed by atoms with Crippen molar-refractivity contribution in [2.24, 2.45) is 5.92 Å². The highest BCUT2D eigenvalue weighted by Gasteiger charge is 2.14. The molecule has 1 aliphatic rings. The van der Waals surface area contributed by atoms with Crippen molar-refractivity contribution in [2.45, 2.75) is 52.4 Å². The Morgan fingerprint density at radius 3 is 2.53 bits per heavy atom. The molecule has 0 radical (unpaired) electrons. The molecule has 0 aromatic carbocycles. The summed E-state index contributed by atoms with van der Waals surface area (Å²) in [5, 5.41) is 0. The van der Waals surface area contributed by atoms with Gasteiger partial charge in [-0.3, -0.25) is 4.79 Å². The lowest BCUT2D eigenvalue weighted by Gasteiger charge is -2.20. The predicted octanol–water partition coefficient (Wildman–Crippen LogP) is 3.47. The summed E-state index contributed by atoms with van der Waals surface area (Å²) in [5.74, 6) is 0.538. The number of carbonyl (C=O) groups is 1. The molecule has 15 heavy (non-hydrogen) atoms. The zero-order valence-electron chi connectivity index (χ0n) is 9.92. The molecule has 0 aromatic rings. The molecule has 1 saturated carbocycles. The normalized spacial score (nSPS) is 17.2. The molecule has 0 unspecified atom stereocenters. The molecule has 0 atom stereocenters. The minimum atomic E-state index is -0.0817. The minimum Gasteiger partial charge on any atom is -0.465 e. The van der Waals surface area contributed by atoms with Crippen LogP contribution in [0.2, 0.25) is 0 Å². The van der Waals surface area contributed by atoms with Crippen molar-refractivity contribution in [3.8, 4) is 0 Å². The summed E-state index contributed by atoms with van der Waals surface area (Å²) in [4.78, 5) is 11.3. The Kier molecular flexibility index (Phi) is 5.44. The summed E-state index contributed by atoms with van der Waals surface area (Å²) >= 11 is 0. The smallest absolute Gasteiger partial charge is 0.309 e. The van der Waals surface area contributed by atoms with Gasteiger partial charge < -0.3 is 4.74 Å². The zero-order chi connectivity index (χ0) is 11.1. The van der Waals surface area contributed by atoms with E-state index < -0.39 is 0 Å². The number of hydrogen-bond acceptors (Lipinski definition) is 2. The Balaban J connectivity index is 2.13. The van der Waals surface area contributed by atoms with Gasteiger partial charge in [0, 0.05) is 0 Å². The maximum absolute atomic E-state index is 11.3. The molecule has 1 fully saturated rings. The van der Waals surface area contributed by atoms with Crippen LogP contribution in [0.25, 0.3) is 0 Å². The third-order valence-electron chi connectivity index (χ3n) is 2.88. The summed E-state index contributed by atoms with van der Waals surface area (Å²) in [6, 6.07) is 0. The van der Waals surface area contributed by atoms with Gasteiger partial charge in [-0.1, -0.05) is 30.9 Å². The summed E-state index contributed by atoms with van der Waals surface area (Å²) in [5.41, 5.74) is 1.17. The van der Waals surface area contributed by atoms with E-state index in [0.717, 1.165) is 0 Å². The Labute approximate surface area is 92.7 Å². The first-order valence-corrected chi connectivity index (χ1v) is 5.97. The van der Waals surface area contributed by atoms with Crippen molar-refractivity contribution in [3.63, 3.8) is 0 Å². The molecule has 0 bridgehead atoms. The number of rotatable bonds is 4. The molecule has 2 heteroatoms. The highest BCUT2D eigenvalue weighted by atomic mass is 16.5. The first-order valence-electron chi connectivity index (χ1n) is 5.97. The zero-order valence-corrected chi connectivity index (χ0v) is 9.92. The van der Waals surface area contributed by atoms with E-state index >= 15 is 0 Å². The van der Waals surface area contributed by atoms with Gasteiger partial charge in [0.2, 0.25) is 0 Å². The number of carbonyl (C=O) groups excluding carboxylic acids is 1. The van der Waals surface area contributed by atoms with E-state index in [1.54, 1.807) is 0 Å². The predicted molar refractivity (Wildman–Crippen MR) is 61.6 cm³/mol. The van der Waals surface area contributed by atoms with E-state index in [4.69, 9.17) is 4.74 Å².